The van der Waals surface area contributed by atoms with E-state index >= 15 is 4.39 Å². The molecule has 3 aromatic rings. The number of primary amides is 1. The standard InChI is InChI=1S/C27H28ClF4N3O4/c1-4-35-13-22(34-26(35)14(2)36)19-7-5-16(10-21(19)29)9-18(25(33)38)12-23(37)17-6-8-24(20(28)11-17)39-15(3)27(30,31)32/h5-8,10-11,13,15,18,23,37H,4,9,12H2,1-3H3,(H2,33,38)/t15-,18+,23?/m1/s1. The summed E-state index contributed by atoms with van der Waals surface area (Å²) in [5.41, 5.74) is 6.70. The SMILES string of the molecule is CCn1cc(-c2ccc(C[C@@H](CC(O)c3ccc(O[C@H](C)C(F)(F)F)c(Cl)c3)C(N)=O)cc2F)nc1C(C)=O. The number of carbonyl (C=O) groups is 2. The van der Waals surface area contributed by atoms with E-state index in [0.29, 0.717) is 17.8 Å². The number of carbonyl (C=O) groups excluding carboxylic acids is 2. The predicted octanol–water partition coefficient (Wildman–Crippen LogP) is 5.66. The zero-order chi connectivity index (χ0) is 29.1. The lowest BCUT2D eigenvalue weighted by atomic mass is 9.90. The fourth-order valence-electron chi connectivity index (χ4n) is 4.03. The van der Waals surface area contributed by atoms with E-state index in [1.54, 1.807) is 16.8 Å². The number of alkyl halides is 3. The molecule has 0 saturated heterocycles. The number of ether oxygens (including phenoxy) is 1. The van der Waals surface area contributed by atoms with Gasteiger partial charge in [-0.15, -0.1) is 0 Å². The predicted molar refractivity (Wildman–Crippen MR) is 137 cm³/mol. The second-order valence-corrected chi connectivity index (χ2v) is 9.56. The lowest BCUT2D eigenvalue weighted by Gasteiger charge is -2.21. The molecule has 210 valence electrons. The van der Waals surface area contributed by atoms with Crippen molar-refractivity contribution < 1.29 is 37.0 Å². The maximum Gasteiger partial charge on any atom is 0.425 e. The van der Waals surface area contributed by atoms with E-state index < -0.39 is 36.0 Å². The van der Waals surface area contributed by atoms with Gasteiger partial charge >= 0.3 is 6.18 Å². The summed E-state index contributed by atoms with van der Waals surface area (Å²) in [7, 11) is 0. The van der Waals surface area contributed by atoms with Crippen LogP contribution in [0.25, 0.3) is 11.3 Å². The van der Waals surface area contributed by atoms with Crippen LogP contribution in [0.1, 0.15) is 55.0 Å². The molecule has 0 fully saturated rings. The minimum absolute atomic E-state index is 0.0176. The number of rotatable bonds is 11. The molecule has 0 aliphatic rings. The van der Waals surface area contributed by atoms with E-state index in [9.17, 15) is 27.9 Å². The molecule has 1 heterocycles. The molecule has 2 aromatic carbocycles. The number of benzene rings is 2. The molecule has 12 heteroatoms. The molecule has 1 unspecified atom stereocenters. The average molecular weight is 570 g/mol. The number of imidazole rings is 1. The average Bonchev–Trinajstić information content (AvgIpc) is 3.28. The first-order valence-corrected chi connectivity index (χ1v) is 12.5. The fraction of sp³-hybridized carbons (Fsp3) is 0.370. The van der Waals surface area contributed by atoms with Crippen molar-refractivity contribution in [3.63, 3.8) is 0 Å². The molecule has 3 rings (SSSR count). The van der Waals surface area contributed by atoms with Gasteiger partial charge in [-0.2, -0.15) is 13.2 Å². The number of hydrogen-bond donors (Lipinski definition) is 2. The molecular weight excluding hydrogens is 542 g/mol. The van der Waals surface area contributed by atoms with Gasteiger partial charge in [-0.05, 0) is 62.1 Å². The number of ketones is 1. The summed E-state index contributed by atoms with van der Waals surface area (Å²) in [6.07, 6.45) is -6.44. The number of hydrogen-bond acceptors (Lipinski definition) is 5. The van der Waals surface area contributed by atoms with Gasteiger partial charge in [-0.3, -0.25) is 9.59 Å². The molecule has 0 radical (unpaired) electrons. The van der Waals surface area contributed by atoms with Crippen LogP contribution < -0.4 is 10.5 Å². The fourth-order valence-corrected chi connectivity index (χ4v) is 4.26. The van der Waals surface area contributed by atoms with Gasteiger partial charge in [0, 0.05) is 31.1 Å². The Morgan fingerprint density at radius 1 is 1.21 bits per heavy atom. The van der Waals surface area contributed by atoms with E-state index in [4.69, 9.17) is 22.1 Å². The van der Waals surface area contributed by atoms with Gasteiger partial charge in [-0.1, -0.05) is 23.7 Å². The van der Waals surface area contributed by atoms with E-state index in [2.05, 4.69) is 4.98 Å². The molecule has 39 heavy (non-hydrogen) atoms. The van der Waals surface area contributed by atoms with Gasteiger partial charge in [0.15, 0.2) is 17.7 Å². The van der Waals surface area contributed by atoms with Crippen LogP contribution in [0.4, 0.5) is 17.6 Å². The first-order valence-electron chi connectivity index (χ1n) is 12.1. The van der Waals surface area contributed by atoms with Crippen molar-refractivity contribution in [3.8, 4) is 17.0 Å². The number of aliphatic hydroxyl groups excluding tert-OH is 1. The molecular formula is C27H28ClF4N3O4. The smallest absolute Gasteiger partial charge is 0.425 e. The number of Topliss-reactive ketones (excluding diaryl/α,β-unsaturated/α-hetero) is 1. The zero-order valence-corrected chi connectivity index (χ0v) is 22.2. The van der Waals surface area contributed by atoms with Crippen molar-refractivity contribution in [1.82, 2.24) is 9.55 Å². The van der Waals surface area contributed by atoms with Crippen molar-refractivity contribution in [2.24, 2.45) is 11.7 Å². The van der Waals surface area contributed by atoms with Gasteiger partial charge in [0.2, 0.25) is 5.91 Å². The van der Waals surface area contributed by atoms with Gasteiger partial charge in [0.25, 0.3) is 0 Å². The monoisotopic (exact) mass is 569 g/mol. The van der Waals surface area contributed by atoms with Gasteiger partial charge in [0.05, 0.1) is 16.8 Å². The van der Waals surface area contributed by atoms with Crippen LogP contribution in [-0.2, 0) is 17.8 Å². The van der Waals surface area contributed by atoms with Gasteiger partial charge in [0.1, 0.15) is 11.6 Å². The minimum atomic E-state index is -4.58. The summed E-state index contributed by atoms with van der Waals surface area (Å²) in [6, 6.07) is 8.12. The topological polar surface area (TPSA) is 107 Å². The number of aryl methyl sites for hydroxylation is 1. The third kappa shape index (κ3) is 7.36. The highest BCUT2D eigenvalue weighted by atomic mass is 35.5. The van der Waals surface area contributed by atoms with Crippen LogP contribution in [-0.4, -0.2) is 38.6 Å². The maximum atomic E-state index is 15.0. The quantitative estimate of drug-likeness (QED) is 0.229. The van der Waals surface area contributed by atoms with Crippen LogP contribution in [0.5, 0.6) is 5.75 Å². The van der Waals surface area contributed by atoms with E-state index in [1.165, 1.54) is 37.3 Å². The number of amides is 1. The van der Waals surface area contributed by atoms with E-state index in [-0.39, 0.29) is 46.3 Å². The lowest BCUT2D eigenvalue weighted by molar-refractivity contribution is -0.189. The minimum Gasteiger partial charge on any atom is -0.480 e. The Kier molecular flexibility index (Phi) is 9.39. The lowest BCUT2D eigenvalue weighted by Crippen LogP contribution is -2.31. The van der Waals surface area contributed by atoms with Crippen molar-refractivity contribution in [3.05, 3.63) is 70.4 Å². The van der Waals surface area contributed by atoms with Crippen LogP contribution >= 0.6 is 11.6 Å². The number of aromatic nitrogens is 2. The highest BCUT2D eigenvalue weighted by molar-refractivity contribution is 6.32. The summed E-state index contributed by atoms with van der Waals surface area (Å²) in [5.74, 6) is -2.47. The molecule has 0 aliphatic heterocycles. The maximum absolute atomic E-state index is 15.0. The number of halogens is 5. The molecule has 0 bridgehead atoms. The van der Waals surface area contributed by atoms with Crippen molar-refractivity contribution in [1.29, 1.82) is 0 Å². The Hall–Kier alpha value is -3.44. The van der Waals surface area contributed by atoms with Crippen LogP contribution in [0.3, 0.4) is 0 Å². The third-order valence-corrected chi connectivity index (χ3v) is 6.53. The molecule has 3 atom stereocenters. The molecule has 0 aliphatic carbocycles. The Labute approximate surface area is 227 Å². The first-order chi connectivity index (χ1) is 18.2. The first kappa shape index (κ1) is 30.1. The normalized spacial score (nSPS) is 14.1. The highest BCUT2D eigenvalue weighted by Crippen LogP contribution is 2.34. The molecule has 0 saturated carbocycles. The summed E-state index contributed by atoms with van der Waals surface area (Å²) >= 11 is 6.05. The number of nitrogens with zero attached hydrogens (tertiary/aromatic N) is 2. The molecule has 7 nitrogen and oxygen atoms in total. The number of aliphatic hydroxyl groups is 1. The van der Waals surface area contributed by atoms with E-state index in [1.807, 2.05) is 6.92 Å². The van der Waals surface area contributed by atoms with Crippen molar-refractivity contribution in [2.45, 2.75) is 58.5 Å². The molecule has 1 aromatic heterocycles. The molecule has 1 amide bonds. The largest absolute Gasteiger partial charge is 0.480 e. The Morgan fingerprint density at radius 3 is 2.41 bits per heavy atom. The van der Waals surface area contributed by atoms with Gasteiger partial charge in [-0.25, -0.2) is 9.37 Å². The summed E-state index contributed by atoms with van der Waals surface area (Å²) in [5, 5.41) is 10.5. The molecule has 3 N–H and O–H groups in total. The molecule has 0 spiro atoms. The van der Waals surface area contributed by atoms with Crippen LogP contribution in [0, 0.1) is 11.7 Å². The summed E-state index contributed by atoms with van der Waals surface area (Å²) in [6.45, 7) is 4.53. The Morgan fingerprint density at radius 2 is 1.90 bits per heavy atom. The van der Waals surface area contributed by atoms with Gasteiger partial charge < -0.3 is 20.1 Å². The van der Waals surface area contributed by atoms with Crippen molar-refractivity contribution >= 4 is 23.3 Å². The van der Waals surface area contributed by atoms with Crippen molar-refractivity contribution in [2.75, 3.05) is 0 Å². The third-order valence-electron chi connectivity index (χ3n) is 6.24. The second kappa shape index (κ2) is 12.2. The second-order valence-electron chi connectivity index (χ2n) is 9.15. The van der Waals surface area contributed by atoms with E-state index in [0.717, 1.165) is 6.92 Å². The zero-order valence-electron chi connectivity index (χ0n) is 21.4. The summed E-state index contributed by atoms with van der Waals surface area (Å²) in [4.78, 5) is 28.2. The highest BCUT2D eigenvalue weighted by Gasteiger charge is 2.38. The Bertz CT molecular complexity index is 1360. The Balaban J connectivity index is 1.74. The summed E-state index contributed by atoms with van der Waals surface area (Å²) < 4.78 is 59.8. The van der Waals surface area contributed by atoms with Crippen LogP contribution in [0.2, 0.25) is 5.02 Å². The van der Waals surface area contributed by atoms with Crippen LogP contribution in [0.15, 0.2) is 42.6 Å². The number of nitrogens with two attached hydrogens (primary N) is 1.